The quantitative estimate of drug-likeness (QED) is 0.556. The smallest absolute Gasteiger partial charge is 0.395 e. The van der Waals surface area contributed by atoms with Gasteiger partial charge in [0.1, 0.15) is 5.75 Å². The Hall–Kier alpha value is -1.99. The Morgan fingerprint density at radius 1 is 1.09 bits per heavy atom. The zero-order valence-electron chi connectivity index (χ0n) is 13.1. The lowest BCUT2D eigenvalue weighted by Gasteiger charge is -2.15. The normalized spacial score (nSPS) is 10.7. The Bertz CT molecular complexity index is 693. The third kappa shape index (κ3) is 3.61. The van der Waals surface area contributed by atoms with Gasteiger partial charge in [-0.25, -0.2) is 4.57 Å². The zero-order valence-corrected chi connectivity index (χ0v) is 13.9. The number of rotatable bonds is 6. The van der Waals surface area contributed by atoms with E-state index in [-0.39, 0.29) is 14.5 Å². The Morgan fingerprint density at radius 2 is 1.77 bits per heavy atom. The highest BCUT2D eigenvalue weighted by Gasteiger charge is 2.14. The lowest BCUT2D eigenvalue weighted by atomic mass is 9.93. The van der Waals surface area contributed by atoms with Crippen LogP contribution in [0.1, 0.15) is 39.0 Å². The van der Waals surface area contributed by atoms with Gasteiger partial charge in [0, 0.05) is 12.0 Å². The minimum Gasteiger partial charge on any atom is -0.407 e. The number of hydrogen-bond acceptors (Lipinski definition) is 3. The Morgan fingerprint density at radius 3 is 2.41 bits per heavy atom. The molecule has 0 aromatic heterocycles. The molecule has 2 rings (SSSR count). The molecule has 0 atom stereocenters. The van der Waals surface area contributed by atoms with Gasteiger partial charge in [0.15, 0.2) is 5.78 Å². The van der Waals surface area contributed by atoms with Crippen LogP contribution in [0.25, 0.3) is 0 Å². The molecule has 0 saturated carbocycles. The third-order valence-electron chi connectivity index (χ3n) is 3.89. The maximum Gasteiger partial charge on any atom is 0.395 e. The lowest BCUT2D eigenvalue weighted by molar-refractivity contribution is 0.0983. The molecule has 2 aromatic rings. The summed E-state index contributed by atoms with van der Waals surface area (Å²) in [6.07, 6.45) is 1.10. The molecule has 0 saturated heterocycles. The average Bonchev–Trinajstić information content (AvgIpc) is 2.51. The first-order chi connectivity index (χ1) is 10.5. The second kappa shape index (κ2) is 7.33. The van der Waals surface area contributed by atoms with E-state index in [2.05, 4.69) is 0 Å². The summed E-state index contributed by atoms with van der Waals surface area (Å²) >= 11 is 0. The van der Waals surface area contributed by atoms with E-state index in [9.17, 15) is 9.36 Å². The van der Waals surface area contributed by atoms with E-state index in [4.69, 9.17) is 4.52 Å². The highest BCUT2D eigenvalue weighted by molar-refractivity contribution is 7.17. The van der Waals surface area contributed by atoms with Crippen LogP contribution in [-0.2, 0) is 11.0 Å². The molecule has 22 heavy (non-hydrogen) atoms. The van der Waals surface area contributed by atoms with Gasteiger partial charge in [-0.2, -0.15) is 0 Å². The molecular weight excluding hydrogens is 295 g/mol. The molecule has 3 nitrogen and oxygen atoms in total. The first-order valence-electron chi connectivity index (χ1n) is 7.22. The van der Waals surface area contributed by atoms with Gasteiger partial charge in [-0.3, -0.25) is 4.79 Å². The van der Waals surface area contributed by atoms with Gasteiger partial charge in [0.25, 0.3) is 0 Å². The van der Waals surface area contributed by atoms with Crippen LogP contribution in [0, 0.1) is 20.8 Å². The minimum atomic E-state index is -0.359. The predicted molar refractivity (Wildman–Crippen MR) is 88.0 cm³/mol. The van der Waals surface area contributed by atoms with Crippen molar-refractivity contribution in [2.45, 2.75) is 33.6 Å². The van der Waals surface area contributed by atoms with Crippen LogP contribution in [0.2, 0.25) is 0 Å². The summed E-state index contributed by atoms with van der Waals surface area (Å²) < 4.78 is 15.9. The summed E-state index contributed by atoms with van der Waals surface area (Å²) in [7, 11) is -0.359. The summed E-state index contributed by atoms with van der Waals surface area (Å²) in [5, 5.41) is 0. The van der Waals surface area contributed by atoms with Gasteiger partial charge >= 0.3 is 8.69 Å². The summed E-state index contributed by atoms with van der Waals surface area (Å²) in [5.41, 5.74) is 4.87. The molecule has 2 aromatic carbocycles. The van der Waals surface area contributed by atoms with Crippen molar-refractivity contribution in [1.29, 1.82) is 0 Å². The maximum absolute atomic E-state index is 12.2. The van der Waals surface area contributed by atoms with Crippen molar-refractivity contribution >= 4 is 14.5 Å². The number of ketones is 1. The molecule has 0 fully saturated rings. The van der Waals surface area contributed by atoms with Crippen LogP contribution in [0.4, 0.5) is 0 Å². The Labute approximate surface area is 132 Å². The maximum atomic E-state index is 12.2. The lowest BCUT2D eigenvalue weighted by Crippen LogP contribution is -2.04. The first kappa shape index (κ1) is 16.4. The summed E-state index contributed by atoms with van der Waals surface area (Å²) in [4.78, 5) is 12.2. The van der Waals surface area contributed by atoms with Gasteiger partial charge in [-0.15, -0.1) is 0 Å². The Kier molecular flexibility index (Phi) is 5.46. The Balaban J connectivity index is 2.21. The summed E-state index contributed by atoms with van der Waals surface area (Å²) in [6.45, 7) is 5.91. The van der Waals surface area contributed by atoms with Crippen molar-refractivity contribution < 1.29 is 13.9 Å². The standard InChI is InChI=1S/C18H19O3P/c1-12-11-13(2)18(21-22-20)14(3)16(12)9-10-17(19)15-7-5-4-6-8-15/h4-8,11H,9-10H2,1-3H3. The number of aryl methyl sites for hydroxylation is 2. The molecule has 4 heteroatoms. The monoisotopic (exact) mass is 314 g/mol. The van der Waals surface area contributed by atoms with Crippen LogP contribution in [-0.4, -0.2) is 5.78 Å². The van der Waals surface area contributed by atoms with Crippen molar-refractivity contribution in [3.8, 4) is 5.75 Å². The fourth-order valence-corrected chi connectivity index (χ4v) is 3.13. The second-order valence-corrected chi connectivity index (χ2v) is 5.73. The predicted octanol–water partition coefficient (Wildman–Crippen LogP) is 5.01. The van der Waals surface area contributed by atoms with Gasteiger partial charge in [-0.1, -0.05) is 36.4 Å². The molecule has 0 N–H and O–H groups in total. The van der Waals surface area contributed by atoms with Crippen LogP contribution < -0.4 is 4.52 Å². The van der Waals surface area contributed by atoms with Gasteiger partial charge in [-0.05, 0) is 49.4 Å². The molecule has 114 valence electrons. The van der Waals surface area contributed by atoms with Gasteiger partial charge in [0.05, 0.1) is 0 Å². The van der Waals surface area contributed by atoms with Crippen LogP contribution in [0.5, 0.6) is 5.75 Å². The molecule has 0 aliphatic carbocycles. The van der Waals surface area contributed by atoms with Gasteiger partial charge < -0.3 is 4.52 Å². The van der Waals surface area contributed by atoms with Crippen molar-refractivity contribution in [2.24, 2.45) is 0 Å². The highest BCUT2D eigenvalue weighted by atomic mass is 31.1. The van der Waals surface area contributed by atoms with Crippen LogP contribution >= 0.6 is 8.69 Å². The molecule has 0 amide bonds. The van der Waals surface area contributed by atoms with Crippen LogP contribution in [0.3, 0.4) is 0 Å². The second-order valence-electron chi connectivity index (χ2n) is 5.40. The van der Waals surface area contributed by atoms with Crippen LogP contribution in [0.15, 0.2) is 36.4 Å². The minimum absolute atomic E-state index is 0.129. The number of hydrogen-bond donors (Lipinski definition) is 0. The molecule has 0 aliphatic heterocycles. The number of Topliss-reactive ketones (excluding diaryl/α,β-unsaturated/α-hetero) is 1. The SMILES string of the molecule is Cc1cc(C)c(OP=O)c(C)c1CCC(=O)c1ccccc1. The van der Waals surface area contributed by atoms with E-state index >= 15 is 0 Å². The molecule has 0 unspecified atom stereocenters. The fraction of sp³-hybridized carbons (Fsp3) is 0.278. The molecule has 0 bridgehead atoms. The number of carbonyl (C=O) groups excluding carboxylic acids is 1. The van der Waals surface area contributed by atoms with E-state index in [0.29, 0.717) is 18.6 Å². The highest BCUT2D eigenvalue weighted by Crippen LogP contribution is 2.32. The van der Waals surface area contributed by atoms with Crippen molar-refractivity contribution in [3.63, 3.8) is 0 Å². The van der Waals surface area contributed by atoms with Crippen molar-refractivity contribution in [2.75, 3.05) is 0 Å². The van der Waals surface area contributed by atoms with E-state index < -0.39 is 0 Å². The van der Waals surface area contributed by atoms with E-state index in [0.717, 1.165) is 27.8 Å². The molecule has 0 radical (unpaired) electrons. The third-order valence-corrected chi connectivity index (χ3v) is 4.14. The van der Waals surface area contributed by atoms with Crippen molar-refractivity contribution in [1.82, 2.24) is 0 Å². The molecular formula is C18H19O3P. The van der Waals surface area contributed by atoms with E-state index in [1.807, 2.05) is 57.2 Å². The van der Waals surface area contributed by atoms with Crippen molar-refractivity contribution in [3.05, 3.63) is 64.2 Å². The molecule has 0 heterocycles. The summed E-state index contributed by atoms with van der Waals surface area (Å²) in [6, 6.07) is 11.3. The molecule has 0 spiro atoms. The van der Waals surface area contributed by atoms with E-state index in [1.54, 1.807) is 0 Å². The topological polar surface area (TPSA) is 43.4 Å². The summed E-state index contributed by atoms with van der Waals surface area (Å²) in [5.74, 6) is 0.772. The zero-order chi connectivity index (χ0) is 16.1. The largest absolute Gasteiger partial charge is 0.407 e. The number of benzene rings is 2. The first-order valence-corrected chi connectivity index (χ1v) is 7.95. The number of carbonyl (C=O) groups is 1. The molecule has 0 aliphatic rings. The van der Waals surface area contributed by atoms with Gasteiger partial charge in [0.2, 0.25) is 0 Å². The average molecular weight is 314 g/mol. The fourth-order valence-electron chi connectivity index (χ4n) is 2.78. The van der Waals surface area contributed by atoms with E-state index in [1.165, 1.54) is 0 Å².